The number of hydrogen-bond acceptors (Lipinski definition) is 2. The average Bonchev–Trinajstić information content (AvgIpc) is 2.39. The molecule has 1 unspecified atom stereocenters. The second-order valence-electron chi connectivity index (χ2n) is 4.53. The summed E-state index contributed by atoms with van der Waals surface area (Å²) in [6.45, 7) is 2.28. The molecule has 0 aliphatic carbocycles. The van der Waals surface area contributed by atoms with E-state index < -0.39 is 0 Å². The lowest BCUT2D eigenvalue weighted by Gasteiger charge is -2.10. The summed E-state index contributed by atoms with van der Waals surface area (Å²) in [5, 5.41) is 0. The summed E-state index contributed by atoms with van der Waals surface area (Å²) < 4.78 is 0. The monoisotopic (exact) mass is 226 g/mol. The van der Waals surface area contributed by atoms with Crippen molar-refractivity contribution in [3.63, 3.8) is 0 Å². The van der Waals surface area contributed by atoms with Crippen molar-refractivity contribution in [3.05, 3.63) is 60.2 Å². The van der Waals surface area contributed by atoms with Crippen molar-refractivity contribution in [2.75, 3.05) is 0 Å². The molecule has 0 amide bonds. The maximum absolute atomic E-state index is 4.36. The Labute approximate surface area is 103 Å². The Kier molecular flexibility index (Phi) is 4.25. The fourth-order valence-corrected chi connectivity index (χ4v) is 1.94. The third kappa shape index (κ3) is 3.99. The van der Waals surface area contributed by atoms with E-state index in [0.717, 1.165) is 12.8 Å². The van der Waals surface area contributed by atoms with Gasteiger partial charge in [-0.1, -0.05) is 19.1 Å². The van der Waals surface area contributed by atoms with Gasteiger partial charge in [-0.05, 0) is 48.9 Å². The summed E-state index contributed by atoms with van der Waals surface area (Å²) in [5.74, 6) is 0.658. The van der Waals surface area contributed by atoms with E-state index in [-0.39, 0.29) is 0 Å². The summed E-state index contributed by atoms with van der Waals surface area (Å²) in [4.78, 5) is 8.50. The van der Waals surface area contributed by atoms with Gasteiger partial charge in [0, 0.05) is 24.3 Å². The molecule has 2 heterocycles. The third-order valence-corrected chi connectivity index (χ3v) is 2.93. The number of rotatable bonds is 5. The molecule has 0 bridgehead atoms. The highest BCUT2D eigenvalue weighted by Crippen LogP contribution is 2.13. The molecular weight excluding hydrogens is 208 g/mol. The van der Waals surface area contributed by atoms with Gasteiger partial charge in [0.15, 0.2) is 0 Å². The van der Waals surface area contributed by atoms with E-state index in [1.165, 1.54) is 17.7 Å². The van der Waals surface area contributed by atoms with E-state index in [2.05, 4.69) is 35.1 Å². The molecule has 0 N–H and O–H groups in total. The minimum atomic E-state index is 0.658. The van der Waals surface area contributed by atoms with E-state index in [1.807, 2.05) is 30.7 Å². The van der Waals surface area contributed by atoms with Gasteiger partial charge in [0.1, 0.15) is 0 Å². The smallest absolute Gasteiger partial charge is 0.0406 e. The molecule has 2 rings (SSSR count). The Morgan fingerprint density at radius 3 is 2.76 bits per heavy atom. The van der Waals surface area contributed by atoms with Crippen molar-refractivity contribution < 1.29 is 0 Å². The molecule has 2 aromatic rings. The van der Waals surface area contributed by atoms with Crippen LogP contribution in [0.3, 0.4) is 0 Å². The summed E-state index contributed by atoms with van der Waals surface area (Å²) >= 11 is 0. The van der Waals surface area contributed by atoms with Crippen molar-refractivity contribution in [1.29, 1.82) is 0 Å². The fraction of sp³-hybridized carbons (Fsp3) is 0.333. The molecule has 0 fully saturated rings. The van der Waals surface area contributed by atoms with Crippen LogP contribution in [0.25, 0.3) is 0 Å². The zero-order chi connectivity index (χ0) is 11.9. The van der Waals surface area contributed by atoms with Gasteiger partial charge < -0.3 is 0 Å². The first-order valence-corrected chi connectivity index (χ1v) is 6.13. The van der Waals surface area contributed by atoms with Crippen LogP contribution in [0.1, 0.15) is 24.6 Å². The van der Waals surface area contributed by atoms with Gasteiger partial charge >= 0.3 is 0 Å². The first kappa shape index (κ1) is 11.8. The third-order valence-electron chi connectivity index (χ3n) is 2.93. The molecule has 2 nitrogen and oxygen atoms in total. The lowest BCUT2D eigenvalue weighted by atomic mass is 9.97. The van der Waals surface area contributed by atoms with Crippen LogP contribution in [0.15, 0.2) is 48.9 Å². The van der Waals surface area contributed by atoms with Gasteiger partial charge in [0.05, 0.1) is 0 Å². The molecule has 0 aliphatic heterocycles. The van der Waals surface area contributed by atoms with Gasteiger partial charge in [-0.25, -0.2) is 0 Å². The normalized spacial score (nSPS) is 12.3. The van der Waals surface area contributed by atoms with E-state index in [1.54, 1.807) is 0 Å². The van der Waals surface area contributed by atoms with Crippen molar-refractivity contribution >= 4 is 0 Å². The van der Waals surface area contributed by atoms with Crippen LogP contribution >= 0.6 is 0 Å². The van der Waals surface area contributed by atoms with Crippen molar-refractivity contribution in [1.82, 2.24) is 9.97 Å². The first-order chi connectivity index (χ1) is 8.34. The van der Waals surface area contributed by atoms with Crippen molar-refractivity contribution in [2.45, 2.75) is 26.2 Å². The van der Waals surface area contributed by atoms with E-state index in [0.29, 0.717) is 5.92 Å². The highest BCUT2D eigenvalue weighted by atomic mass is 14.7. The Morgan fingerprint density at radius 2 is 2.06 bits per heavy atom. The van der Waals surface area contributed by atoms with Crippen molar-refractivity contribution in [2.24, 2.45) is 5.92 Å². The Bertz CT molecular complexity index is 425. The molecule has 0 spiro atoms. The second-order valence-corrected chi connectivity index (χ2v) is 4.53. The quantitative estimate of drug-likeness (QED) is 0.781. The molecule has 0 saturated carbocycles. The number of aryl methyl sites for hydroxylation is 1. The molecule has 0 radical (unpaired) electrons. The van der Waals surface area contributed by atoms with Gasteiger partial charge in [0.2, 0.25) is 0 Å². The van der Waals surface area contributed by atoms with Gasteiger partial charge in [-0.3, -0.25) is 9.97 Å². The van der Waals surface area contributed by atoms with Crippen LogP contribution in [0, 0.1) is 5.92 Å². The zero-order valence-electron chi connectivity index (χ0n) is 10.2. The minimum absolute atomic E-state index is 0.658. The molecule has 88 valence electrons. The summed E-state index contributed by atoms with van der Waals surface area (Å²) in [7, 11) is 0. The molecule has 0 aliphatic rings. The fourth-order valence-electron chi connectivity index (χ4n) is 1.94. The maximum atomic E-state index is 4.36. The zero-order valence-corrected chi connectivity index (χ0v) is 10.2. The SMILES string of the molecule is CC(CCc1cccnc1)Cc1ccccn1. The van der Waals surface area contributed by atoms with Gasteiger partial charge in [0.25, 0.3) is 0 Å². The van der Waals surface area contributed by atoms with E-state index in [4.69, 9.17) is 0 Å². The molecule has 0 saturated heterocycles. The first-order valence-electron chi connectivity index (χ1n) is 6.13. The number of hydrogen-bond donors (Lipinski definition) is 0. The van der Waals surface area contributed by atoms with Crippen LogP contribution in [-0.2, 0) is 12.8 Å². The summed E-state index contributed by atoms with van der Waals surface area (Å²) in [6.07, 6.45) is 8.97. The van der Waals surface area contributed by atoms with Crippen LogP contribution in [0.4, 0.5) is 0 Å². The molecule has 2 heteroatoms. The summed E-state index contributed by atoms with van der Waals surface area (Å²) in [5.41, 5.74) is 2.51. The van der Waals surface area contributed by atoms with E-state index in [9.17, 15) is 0 Å². The lowest BCUT2D eigenvalue weighted by Crippen LogP contribution is -2.03. The number of pyridine rings is 2. The van der Waals surface area contributed by atoms with E-state index >= 15 is 0 Å². The standard InChI is InChI=1S/C15H18N2/c1-13(11-15-6-2-3-10-17-15)7-8-14-5-4-9-16-12-14/h2-6,9-10,12-13H,7-8,11H2,1H3. The molecule has 2 aromatic heterocycles. The summed E-state index contributed by atoms with van der Waals surface area (Å²) in [6, 6.07) is 10.2. The van der Waals surface area contributed by atoms with Crippen LogP contribution < -0.4 is 0 Å². The van der Waals surface area contributed by atoms with Gasteiger partial charge in [-0.15, -0.1) is 0 Å². The van der Waals surface area contributed by atoms with Crippen molar-refractivity contribution in [3.8, 4) is 0 Å². The number of aromatic nitrogens is 2. The minimum Gasteiger partial charge on any atom is -0.264 e. The predicted octanol–water partition coefficient (Wildman–Crippen LogP) is 3.29. The maximum Gasteiger partial charge on any atom is 0.0406 e. The Hall–Kier alpha value is -1.70. The highest BCUT2D eigenvalue weighted by Gasteiger charge is 2.04. The van der Waals surface area contributed by atoms with Crippen LogP contribution in [-0.4, -0.2) is 9.97 Å². The van der Waals surface area contributed by atoms with Gasteiger partial charge in [-0.2, -0.15) is 0 Å². The molecule has 17 heavy (non-hydrogen) atoms. The number of nitrogens with zero attached hydrogens (tertiary/aromatic N) is 2. The largest absolute Gasteiger partial charge is 0.264 e. The van der Waals surface area contributed by atoms with Crippen LogP contribution in [0.5, 0.6) is 0 Å². The lowest BCUT2D eigenvalue weighted by molar-refractivity contribution is 0.524. The molecular formula is C15H18N2. The Morgan fingerprint density at radius 1 is 1.12 bits per heavy atom. The predicted molar refractivity (Wildman–Crippen MR) is 69.7 cm³/mol. The topological polar surface area (TPSA) is 25.8 Å². The van der Waals surface area contributed by atoms with Crippen LogP contribution in [0.2, 0.25) is 0 Å². The Balaban J connectivity index is 1.80. The highest BCUT2D eigenvalue weighted by molar-refractivity contribution is 5.09. The second kappa shape index (κ2) is 6.14. The molecule has 0 aromatic carbocycles. The average molecular weight is 226 g/mol. The molecule has 1 atom stereocenters.